The van der Waals surface area contributed by atoms with Crippen molar-refractivity contribution < 1.29 is 4.79 Å². The molecule has 1 aromatic heterocycles. The van der Waals surface area contributed by atoms with Crippen molar-refractivity contribution in [2.75, 3.05) is 19.6 Å². The number of aromatic nitrogens is 3. The minimum Gasteiger partial charge on any atom is -0.348 e. The molecule has 2 heterocycles. The zero-order valence-corrected chi connectivity index (χ0v) is 11.4. The van der Waals surface area contributed by atoms with Gasteiger partial charge in [-0.15, -0.1) is 5.10 Å². The molecule has 0 radical (unpaired) electrons. The number of benzene rings is 1. The Morgan fingerprint density at radius 1 is 1.50 bits per heavy atom. The van der Waals surface area contributed by atoms with Crippen LogP contribution >= 0.6 is 0 Å². The van der Waals surface area contributed by atoms with Crippen molar-refractivity contribution in [3.05, 3.63) is 35.4 Å². The van der Waals surface area contributed by atoms with Gasteiger partial charge >= 0.3 is 0 Å². The first-order valence-corrected chi connectivity index (χ1v) is 6.70. The first-order chi connectivity index (χ1) is 9.74. The number of fused-ring (bicyclic) bond motifs is 1. The number of aryl methyl sites for hydroxylation is 1. The van der Waals surface area contributed by atoms with E-state index in [0.717, 1.165) is 30.5 Å². The lowest BCUT2D eigenvalue weighted by Crippen LogP contribution is -2.29. The summed E-state index contributed by atoms with van der Waals surface area (Å²) >= 11 is 0. The van der Waals surface area contributed by atoms with Crippen molar-refractivity contribution in [3.8, 4) is 0 Å². The Bertz CT molecular complexity index is 673. The van der Waals surface area contributed by atoms with E-state index >= 15 is 0 Å². The summed E-state index contributed by atoms with van der Waals surface area (Å²) in [6.45, 7) is 2.48. The van der Waals surface area contributed by atoms with Crippen LogP contribution in [0, 0.1) is 0 Å². The lowest BCUT2D eigenvalue weighted by Gasteiger charge is -2.14. The predicted molar refractivity (Wildman–Crippen MR) is 76.4 cm³/mol. The average molecular weight is 271 g/mol. The van der Waals surface area contributed by atoms with Crippen LogP contribution in [-0.2, 0) is 7.05 Å². The van der Waals surface area contributed by atoms with Crippen LogP contribution in [-0.4, -0.2) is 40.5 Å². The molecule has 1 aliphatic rings. The third-order valence-corrected chi connectivity index (χ3v) is 3.51. The molecular formula is C14H17N5O. The molecule has 0 saturated carbocycles. The van der Waals surface area contributed by atoms with E-state index in [1.54, 1.807) is 16.8 Å². The molecule has 0 fully saturated rings. The molecule has 0 spiro atoms. The fourth-order valence-corrected chi connectivity index (χ4v) is 2.31. The summed E-state index contributed by atoms with van der Waals surface area (Å²) in [7, 11) is 1.83. The molecule has 3 rings (SSSR count). The van der Waals surface area contributed by atoms with E-state index in [4.69, 9.17) is 0 Å². The molecule has 1 amide bonds. The van der Waals surface area contributed by atoms with E-state index in [0.29, 0.717) is 12.1 Å². The van der Waals surface area contributed by atoms with Crippen molar-refractivity contribution >= 4 is 16.9 Å². The first-order valence-electron chi connectivity index (χ1n) is 6.70. The number of nitrogens with zero attached hydrogens (tertiary/aromatic N) is 3. The molecule has 2 N–H and O–H groups in total. The van der Waals surface area contributed by atoms with Gasteiger partial charge in [0.1, 0.15) is 5.52 Å². The van der Waals surface area contributed by atoms with Crippen LogP contribution in [0.2, 0.25) is 0 Å². The summed E-state index contributed by atoms with van der Waals surface area (Å²) < 4.78 is 1.69. The van der Waals surface area contributed by atoms with Crippen LogP contribution in [0.15, 0.2) is 29.8 Å². The molecule has 6 heteroatoms. The Morgan fingerprint density at radius 2 is 2.40 bits per heavy atom. The van der Waals surface area contributed by atoms with Crippen molar-refractivity contribution in [1.29, 1.82) is 0 Å². The second-order valence-electron chi connectivity index (χ2n) is 4.92. The van der Waals surface area contributed by atoms with E-state index in [2.05, 4.69) is 27.0 Å². The van der Waals surface area contributed by atoms with E-state index in [1.165, 1.54) is 5.57 Å². The Morgan fingerprint density at radius 3 is 3.20 bits per heavy atom. The van der Waals surface area contributed by atoms with E-state index in [1.807, 2.05) is 13.1 Å². The second kappa shape index (κ2) is 5.42. The molecule has 2 aromatic rings. The van der Waals surface area contributed by atoms with Gasteiger partial charge in [0, 0.05) is 25.7 Å². The van der Waals surface area contributed by atoms with Gasteiger partial charge in [-0.1, -0.05) is 16.9 Å². The van der Waals surface area contributed by atoms with Crippen molar-refractivity contribution in [2.24, 2.45) is 7.05 Å². The van der Waals surface area contributed by atoms with Crippen LogP contribution < -0.4 is 10.6 Å². The van der Waals surface area contributed by atoms with Crippen molar-refractivity contribution in [1.82, 2.24) is 25.6 Å². The van der Waals surface area contributed by atoms with Crippen LogP contribution in [0.1, 0.15) is 16.8 Å². The fourth-order valence-electron chi connectivity index (χ4n) is 2.31. The Balaban J connectivity index is 1.70. The van der Waals surface area contributed by atoms with Gasteiger partial charge in [0.2, 0.25) is 0 Å². The topological polar surface area (TPSA) is 71.8 Å². The van der Waals surface area contributed by atoms with E-state index in [-0.39, 0.29) is 5.91 Å². The van der Waals surface area contributed by atoms with Gasteiger partial charge in [-0.2, -0.15) is 0 Å². The molecule has 0 bridgehead atoms. The largest absolute Gasteiger partial charge is 0.348 e. The standard InChI is InChI=1S/C14H17N5O/c1-19-13-3-2-11(8-12(13)17-18-19)14(20)16-9-10-4-6-15-7-5-10/h2-4,8,15H,5-7,9H2,1H3,(H,16,20). The van der Waals surface area contributed by atoms with Crippen LogP contribution in [0.5, 0.6) is 0 Å². The smallest absolute Gasteiger partial charge is 0.251 e. The van der Waals surface area contributed by atoms with Crippen molar-refractivity contribution in [2.45, 2.75) is 6.42 Å². The monoisotopic (exact) mass is 271 g/mol. The molecule has 1 aliphatic heterocycles. The fraction of sp³-hybridized carbons (Fsp3) is 0.357. The van der Waals surface area contributed by atoms with Crippen molar-refractivity contribution in [3.63, 3.8) is 0 Å². The highest BCUT2D eigenvalue weighted by atomic mass is 16.1. The number of amides is 1. The number of nitrogens with one attached hydrogen (secondary N) is 2. The van der Waals surface area contributed by atoms with Crippen LogP contribution in [0.25, 0.3) is 11.0 Å². The quantitative estimate of drug-likeness (QED) is 0.803. The molecule has 0 saturated heterocycles. The minimum atomic E-state index is -0.0722. The number of carbonyl (C=O) groups excluding carboxylic acids is 1. The Kier molecular flexibility index (Phi) is 3.47. The summed E-state index contributed by atoms with van der Waals surface area (Å²) in [5.41, 5.74) is 3.55. The van der Waals surface area contributed by atoms with Gasteiger partial charge in [0.15, 0.2) is 0 Å². The van der Waals surface area contributed by atoms with Gasteiger partial charge in [0.25, 0.3) is 5.91 Å². The minimum absolute atomic E-state index is 0.0722. The van der Waals surface area contributed by atoms with Crippen LogP contribution in [0.3, 0.4) is 0 Å². The molecular weight excluding hydrogens is 254 g/mol. The van der Waals surface area contributed by atoms with E-state index in [9.17, 15) is 4.79 Å². The van der Waals surface area contributed by atoms with Gasteiger partial charge in [0.05, 0.1) is 5.52 Å². The molecule has 0 atom stereocenters. The second-order valence-corrected chi connectivity index (χ2v) is 4.92. The maximum atomic E-state index is 12.1. The number of hydrogen-bond acceptors (Lipinski definition) is 4. The number of rotatable bonds is 3. The summed E-state index contributed by atoms with van der Waals surface area (Å²) in [4.78, 5) is 12.1. The highest BCUT2D eigenvalue weighted by molar-refractivity contribution is 5.97. The van der Waals surface area contributed by atoms with Crippen LogP contribution in [0.4, 0.5) is 0 Å². The molecule has 1 aromatic carbocycles. The summed E-state index contributed by atoms with van der Waals surface area (Å²) in [6, 6.07) is 5.44. The molecule has 20 heavy (non-hydrogen) atoms. The van der Waals surface area contributed by atoms with Gasteiger partial charge in [-0.3, -0.25) is 4.79 Å². The highest BCUT2D eigenvalue weighted by Gasteiger charge is 2.10. The Hall–Kier alpha value is -2.21. The maximum absolute atomic E-state index is 12.1. The average Bonchev–Trinajstić information content (AvgIpc) is 2.87. The summed E-state index contributed by atoms with van der Waals surface area (Å²) in [5, 5.41) is 14.2. The highest BCUT2D eigenvalue weighted by Crippen LogP contribution is 2.12. The summed E-state index contributed by atoms with van der Waals surface area (Å²) in [6.07, 6.45) is 3.12. The SMILES string of the molecule is Cn1nnc2cc(C(=O)NCC3=CCNCC3)ccc21. The number of hydrogen-bond donors (Lipinski definition) is 2. The molecule has 104 valence electrons. The third-order valence-electron chi connectivity index (χ3n) is 3.51. The zero-order chi connectivity index (χ0) is 13.9. The normalized spacial score (nSPS) is 15.2. The van der Waals surface area contributed by atoms with E-state index < -0.39 is 0 Å². The predicted octanol–water partition coefficient (Wildman–Crippen LogP) is 0.618. The first kappa shape index (κ1) is 12.8. The summed E-state index contributed by atoms with van der Waals surface area (Å²) in [5.74, 6) is -0.0722. The lowest BCUT2D eigenvalue weighted by atomic mass is 10.1. The lowest BCUT2D eigenvalue weighted by molar-refractivity contribution is 0.0956. The molecule has 0 unspecified atom stereocenters. The maximum Gasteiger partial charge on any atom is 0.251 e. The van der Waals surface area contributed by atoms with Gasteiger partial charge in [-0.25, -0.2) is 4.68 Å². The third kappa shape index (κ3) is 2.55. The van der Waals surface area contributed by atoms with Gasteiger partial charge in [-0.05, 0) is 31.2 Å². The zero-order valence-electron chi connectivity index (χ0n) is 11.4. The number of carbonyl (C=O) groups is 1. The van der Waals surface area contributed by atoms with Gasteiger partial charge < -0.3 is 10.6 Å². The molecule has 6 nitrogen and oxygen atoms in total. The molecule has 0 aliphatic carbocycles. The Labute approximate surface area is 116 Å².